The number of fused-ring (bicyclic) bond motifs is 1. The lowest BCUT2D eigenvalue weighted by Gasteiger charge is -2.10. The number of nitrogens with one attached hydrogen (secondary N) is 3. The molecule has 1 heterocycles. The Morgan fingerprint density at radius 2 is 1.70 bits per heavy atom. The number of aromatic amines is 2. The van der Waals surface area contributed by atoms with Crippen molar-refractivity contribution in [2.24, 2.45) is 0 Å². The molecule has 3 N–H and O–H groups in total. The van der Waals surface area contributed by atoms with Crippen LogP contribution >= 0.6 is 31.9 Å². The molecule has 0 fully saturated rings. The van der Waals surface area contributed by atoms with Gasteiger partial charge in [0.05, 0.1) is 16.7 Å². The number of anilines is 1. The van der Waals surface area contributed by atoms with E-state index in [-0.39, 0.29) is 5.69 Å². The van der Waals surface area contributed by atoms with E-state index in [1.807, 2.05) is 30.3 Å². The first-order valence-corrected chi connectivity index (χ1v) is 7.61. The maximum atomic E-state index is 11.3. The SMILES string of the molecule is O=c1[nH]c2cc(Br)c(NCc3ccccc3Br)cc2[nH]1. The van der Waals surface area contributed by atoms with Gasteiger partial charge in [0.1, 0.15) is 0 Å². The van der Waals surface area contributed by atoms with Gasteiger partial charge in [-0.2, -0.15) is 0 Å². The highest BCUT2D eigenvalue weighted by molar-refractivity contribution is 9.11. The Balaban J connectivity index is 1.89. The minimum atomic E-state index is -0.199. The van der Waals surface area contributed by atoms with Crippen LogP contribution in [-0.4, -0.2) is 9.97 Å². The normalized spacial score (nSPS) is 10.9. The van der Waals surface area contributed by atoms with Crippen LogP contribution < -0.4 is 11.0 Å². The lowest BCUT2D eigenvalue weighted by Crippen LogP contribution is -2.00. The second kappa shape index (κ2) is 5.46. The number of benzene rings is 2. The van der Waals surface area contributed by atoms with Gasteiger partial charge in [-0.05, 0) is 39.7 Å². The molecular weight excluding hydrogens is 386 g/mol. The number of halogens is 2. The Labute approximate surface area is 131 Å². The average molecular weight is 397 g/mol. The van der Waals surface area contributed by atoms with Crippen molar-refractivity contribution in [1.82, 2.24) is 9.97 Å². The van der Waals surface area contributed by atoms with Crippen molar-refractivity contribution in [3.8, 4) is 0 Å². The molecule has 0 aliphatic rings. The summed E-state index contributed by atoms with van der Waals surface area (Å²) in [6, 6.07) is 11.9. The fourth-order valence-corrected chi connectivity index (χ4v) is 2.93. The standard InChI is InChI=1S/C14H11Br2N3O/c15-9-4-2-1-3-8(9)7-17-11-6-13-12(5-10(11)16)18-14(20)19-13/h1-6,17H,7H2,(H2,18,19,20). The predicted octanol–water partition coefficient (Wildman–Crippen LogP) is 3.99. The molecule has 3 aromatic rings. The van der Waals surface area contributed by atoms with Crippen LogP contribution in [0.15, 0.2) is 50.1 Å². The number of aromatic nitrogens is 2. The zero-order chi connectivity index (χ0) is 14.1. The summed E-state index contributed by atoms with van der Waals surface area (Å²) >= 11 is 7.04. The van der Waals surface area contributed by atoms with E-state index in [0.717, 1.165) is 25.7 Å². The highest BCUT2D eigenvalue weighted by Gasteiger charge is 2.06. The van der Waals surface area contributed by atoms with Crippen molar-refractivity contribution in [2.45, 2.75) is 6.54 Å². The summed E-state index contributed by atoms with van der Waals surface area (Å²) in [6.45, 7) is 0.695. The zero-order valence-corrected chi connectivity index (χ0v) is 13.5. The highest BCUT2D eigenvalue weighted by Crippen LogP contribution is 2.27. The van der Waals surface area contributed by atoms with Crippen LogP contribution in [0.5, 0.6) is 0 Å². The van der Waals surface area contributed by atoms with E-state index in [4.69, 9.17) is 0 Å². The van der Waals surface area contributed by atoms with Gasteiger partial charge in [0.2, 0.25) is 0 Å². The molecule has 0 aliphatic carbocycles. The van der Waals surface area contributed by atoms with Crippen LogP contribution in [0.4, 0.5) is 5.69 Å². The largest absolute Gasteiger partial charge is 0.380 e. The monoisotopic (exact) mass is 395 g/mol. The molecule has 0 spiro atoms. The van der Waals surface area contributed by atoms with Crippen LogP contribution in [0.25, 0.3) is 11.0 Å². The minimum Gasteiger partial charge on any atom is -0.380 e. The van der Waals surface area contributed by atoms with Crippen molar-refractivity contribution >= 4 is 48.6 Å². The molecule has 0 saturated heterocycles. The van der Waals surface area contributed by atoms with Crippen molar-refractivity contribution in [1.29, 1.82) is 0 Å². The number of rotatable bonds is 3. The van der Waals surface area contributed by atoms with E-state index in [1.54, 1.807) is 0 Å². The van der Waals surface area contributed by atoms with Gasteiger partial charge in [0.15, 0.2) is 0 Å². The topological polar surface area (TPSA) is 60.7 Å². The lowest BCUT2D eigenvalue weighted by atomic mass is 10.2. The van der Waals surface area contributed by atoms with Crippen LogP contribution in [0, 0.1) is 0 Å². The Morgan fingerprint density at radius 3 is 2.45 bits per heavy atom. The van der Waals surface area contributed by atoms with Gasteiger partial charge in [0.25, 0.3) is 0 Å². The van der Waals surface area contributed by atoms with E-state index in [2.05, 4.69) is 53.2 Å². The van der Waals surface area contributed by atoms with Crippen LogP contribution in [0.1, 0.15) is 5.56 Å². The molecule has 4 nitrogen and oxygen atoms in total. The summed E-state index contributed by atoms with van der Waals surface area (Å²) in [7, 11) is 0. The Bertz CT molecular complexity index is 823. The summed E-state index contributed by atoms with van der Waals surface area (Å²) < 4.78 is 1.98. The van der Waals surface area contributed by atoms with Crippen molar-refractivity contribution in [3.05, 3.63) is 61.4 Å². The second-order valence-electron chi connectivity index (χ2n) is 4.40. The molecule has 20 heavy (non-hydrogen) atoms. The minimum absolute atomic E-state index is 0.199. The van der Waals surface area contributed by atoms with E-state index in [0.29, 0.717) is 6.54 Å². The van der Waals surface area contributed by atoms with Crippen molar-refractivity contribution < 1.29 is 0 Å². The van der Waals surface area contributed by atoms with Gasteiger partial charge in [0, 0.05) is 15.5 Å². The third kappa shape index (κ3) is 2.66. The first-order chi connectivity index (χ1) is 9.63. The van der Waals surface area contributed by atoms with E-state index in [1.165, 1.54) is 5.56 Å². The Hall–Kier alpha value is -1.53. The molecular formula is C14H11Br2N3O. The molecule has 0 amide bonds. The van der Waals surface area contributed by atoms with E-state index >= 15 is 0 Å². The van der Waals surface area contributed by atoms with Crippen LogP contribution in [0.3, 0.4) is 0 Å². The van der Waals surface area contributed by atoms with Crippen molar-refractivity contribution in [2.75, 3.05) is 5.32 Å². The van der Waals surface area contributed by atoms with Gasteiger partial charge >= 0.3 is 5.69 Å². The maximum absolute atomic E-state index is 11.3. The molecule has 0 saturated carbocycles. The predicted molar refractivity (Wildman–Crippen MR) is 88.1 cm³/mol. The van der Waals surface area contributed by atoms with Gasteiger partial charge in [-0.25, -0.2) is 4.79 Å². The molecule has 1 aromatic heterocycles. The first kappa shape index (κ1) is 13.5. The molecule has 102 valence electrons. The van der Waals surface area contributed by atoms with E-state index in [9.17, 15) is 4.79 Å². The maximum Gasteiger partial charge on any atom is 0.323 e. The molecule has 0 bridgehead atoms. The van der Waals surface area contributed by atoms with Crippen LogP contribution in [0.2, 0.25) is 0 Å². The summed E-state index contributed by atoms with van der Waals surface area (Å²) in [5, 5.41) is 3.36. The molecule has 2 aromatic carbocycles. The lowest BCUT2D eigenvalue weighted by molar-refractivity contribution is 1.13. The first-order valence-electron chi connectivity index (χ1n) is 6.02. The number of H-pyrrole nitrogens is 2. The molecule has 0 unspecified atom stereocenters. The number of imidazole rings is 1. The third-order valence-corrected chi connectivity index (χ3v) is 4.46. The summed E-state index contributed by atoms with van der Waals surface area (Å²) in [5.41, 5.74) is 3.47. The Morgan fingerprint density at radius 1 is 1.00 bits per heavy atom. The third-order valence-electron chi connectivity index (χ3n) is 3.03. The van der Waals surface area contributed by atoms with Crippen molar-refractivity contribution in [3.63, 3.8) is 0 Å². The average Bonchev–Trinajstić information content (AvgIpc) is 2.76. The fourth-order valence-electron chi connectivity index (χ4n) is 2.02. The smallest absolute Gasteiger partial charge is 0.323 e. The molecule has 0 aliphatic heterocycles. The summed E-state index contributed by atoms with van der Waals surface area (Å²) in [6.07, 6.45) is 0. The molecule has 0 atom stereocenters. The number of hydrogen-bond donors (Lipinski definition) is 3. The zero-order valence-electron chi connectivity index (χ0n) is 10.3. The molecule has 6 heteroatoms. The highest BCUT2D eigenvalue weighted by atomic mass is 79.9. The summed E-state index contributed by atoms with van der Waals surface area (Å²) in [5.74, 6) is 0. The quantitative estimate of drug-likeness (QED) is 0.626. The van der Waals surface area contributed by atoms with Crippen LogP contribution in [-0.2, 0) is 6.54 Å². The van der Waals surface area contributed by atoms with Gasteiger partial charge in [-0.1, -0.05) is 34.1 Å². The Kier molecular flexibility index (Phi) is 3.67. The molecule has 0 radical (unpaired) electrons. The van der Waals surface area contributed by atoms with Gasteiger partial charge < -0.3 is 15.3 Å². The molecule has 3 rings (SSSR count). The van der Waals surface area contributed by atoms with Gasteiger partial charge in [-0.15, -0.1) is 0 Å². The van der Waals surface area contributed by atoms with E-state index < -0.39 is 0 Å². The summed E-state index contributed by atoms with van der Waals surface area (Å²) in [4.78, 5) is 16.8. The van der Waals surface area contributed by atoms with Gasteiger partial charge in [-0.3, -0.25) is 0 Å². The second-order valence-corrected chi connectivity index (χ2v) is 6.11. The number of hydrogen-bond acceptors (Lipinski definition) is 2. The fraction of sp³-hybridized carbons (Fsp3) is 0.0714.